The van der Waals surface area contributed by atoms with Crippen LogP contribution in [0.15, 0.2) is 0 Å². The Labute approximate surface area is 83.2 Å². The Hall–Kier alpha value is -0.850. The van der Waals surface area contributed by atoms with Gasteiger partial charge in [-0.3, -0.25) is 0 Å². The van der Waals surface area contributed by atoms with Crippen molar-refractivity contribution in [2.45, 2.75) is 32.7 Å². The van der Waals surface area contributed by atoms with Crippen LogP contribution >= 0.6 is 11.3 Å². The molecule has 1 heterocycles. The highest BCUT2D eigenvalue weighted by Crippen LogP contribution is 2.25. The molecule has 1 rings (SSSR count). The summed E-state index contributed by atoms with van der Waals surface area (Å²) in [6.07, 6.45) is 6.76. The zero-order valence-electron chi connectivity index (χ0n) is 8.00. The molecule has 0 saturated heterocycles. The van der Waals surface area contributed by atoms with Gasteiger partial charge >= 0.3 is 0 Å². The first kappa shape index (κ1) is 10.2. The predicted molar refractivity (Wildman–Crippen MR) is 56.6 cm³/mol. The van der Waals surface area contributed by atoms with Crippen molar-refractivity contribution >= 4 is 11.3 Å². The summed E-state index contributed by atoms with van der Waals surface area (Å²) in [4.78, 5) is 5.50. The lowest BCUT2D eigenvalue weighted by atomic mass is 10.1. The molecule has 0 saturated carbocycles. The van der Waals surface area contributed by atoms with Crippen LogP contribution in [0.5, 0.6) is 0 Å². The number of aromatic nitrogens is 1. The van der Waals surface area contributed by atoms with Crippen LogP contribution in [0.1, 0.15) is 34.5 Å². The average Bonchev–Trinajstić information content (AvgIpc) is 2.41. The molecule has 0 aliphatic rings. The Kier molecular flexibility index (Phi) is 3.47. The number of rotatable bonds is 3. The highest BCUT2D eigenvalue weighted by Gasteiger charge is 2.12. The highest BCUT2D eigenvalue weighted by atomic mass is 32.1. The summed E-state index contributed by atoms with van der Waals surface area (Å²) < 4.78 is 0. The van der Waals surface area contributed by atoms with E-state index >= 15 is 0 Å². The molecule has 0 aliphatic heterocycles. The van der Waals surface area contributed by atoms with Gasteiger partial charge in [0.15, 0.2) is 0 Å². The first-order valence-corrected chi connectivity index (χ1v) is 5.09. The zero-order valence-corrected chi connectivity index (χ0v) is 8.82. The number of nitrogens with two attached hydrogens (primary N) is 1. The van der Waals surface area contributed by atoms with Gasteiger partial charge in [0.2, 0.25) is 0 Å². The molecule has 2 nitrogen and oxygen atoms in total. The first-order valence-electron chi connectivity index (χ1n) is 4.28. The standard InChI is InChI=1S/C10H14N2S/c1-4-5-6-9(11)10-7(2)12-8(3)13-10/h1,9H,5-6,11H2,2-3H3. The van der Waals surface area contributed by atoms with Crippen molar-refractivity contribution in [3.63, 3.8) is 0 Å². The molecule has 0 aliphatic carbocycles. The van der Waals surface area contributed by atoms with Gasteiger partial charge in [-0.25, -0.2) is 4.98 Å². The van der Waals surface area contributed by atoms with Crippen molar-refractivity contribution in [1.29, 1.82) is 0 Å². The third-order valence-electron chi connectivity index (χ3n) is 1.88. The summed E-state index contributed by atoms with van der Waals surface area (Å²) in [6.45, 7) is 3.99. The minimum atomic E-state index is 0.0576. The molecule has 0 bridgehead atoms. The summed E-state index contributed by atoms with van der Waals surface area (Å²) in [5, 5.41) is 1.07. The molecular formula is C10H14N2S. The molecule has 0 fully saturated rings. The normalized spacial score (nSPS) is 12.5. The van der Waals surface area contributed by atoms with Crippen molar-refractivity contribution in [1.82, 2.24) is 4.98 Å². The van der Waals surface area contributed by atoms with Gasteiger partial charge in [-0.1, -0.05) is 0 Å². The molecule has 3 heteroatoms. The molecule has 0 radical (unpaired) electrons. The first-order chi connectivity index (χ1) is 6.15. The van der Waals surface area contributed by atoms with E-state index in [-0.39, 0.29) is 6.04 Å². The van der Waals surface area contributed by atoms with Crippen molar-refractivity contribution in [3.05, 3.63) is 15.6 Å². The van der Waals surface area contributed by atoms with Gasteiger partial charge in [0.1, 0.15) is 0 Å². The van der Waals surface area contributed by atoms with Crippen molar-refractivity contribution in [2.75, 3.05) is 0 Å². The summed E-state index contributed by atoms with van der Waals surface area (Å²) in [5.41, 5.74) is 7.02. The van der Waals surface area contributed by atoms with Gasteiger partial charge in [-0.05, 0) is 20.3 Å². The summed E-state index contributed by atoms with van der Waals surface area (Å²) >= 11 is 1.67. The minimum Gasteiger partial charge on any atom is -0.323 e. The van der Waals surface area contributed by atoms with E-state index in [1.807, 2.05) is 13.8 Å². The molecule has 0 spiro atoms. The Bertz CT molecular complexity index is 322. The lowest BCUT2D eigenvalue weighted by Crippen LogP contribution is -2.09. The molecule has 13 heavy (non-hydrogen) atoms. The number of hydrogen-bond acceptors (Lipinski definition) is 3. The Morgan fingerprint density at radius 1 is 1.62 bits per heavy atom. The van der Waals surface area contributed by atoms with Gasteiger partial charge in [-0.2, -0.15) is 0 Å². The third kappa shape index (κ3) is 2.55. The largest absolute Gasteiger partial charge is 0.323 e. The summed E-state index contributed by atoms with van der Waals surface area (Å²) in [6, 6.07) is 0.0576. The van der Waals surface area contributed by atoms with Crippen molar-refractivity contribution < 1.29 is 0 Å². The number of nitrogens with zero attached hydrogens (tertiary/aromatic N) is 1. The summed E-state index contributed by atoms with van der Waals surface area (Å²) in [5.74, 6) is 2.60. The second-order valence-corrected chi connectivity index (χ2v) is 4.27. The van der Waals surface area contributed by atoms with Crippen LogP contribution < -0.4 is 5.73 Å². The van der Waals surface area contributed by atoms with Gasteiger partial charge in [0.05, 0.1) is 10.7 Å². The average molecular weight is 194 g/mol. The van der Waals surface area contributed by atoms with Crippen LogP contribution in [0, 0.1) is 26.2 Å². The van der Waals surface area contributed by atoms with Gasteiger partial charge in [0, 0.05) is 17.3 Å². The smallest absolute Gasteiger partial charge is 0.0900 e. The van der Waals surface area contributed by atoms with Crippen LogP contribution in [-0.2, 0) is 0 Å². The van der Waals surface area contributed by atoms with Crippen LogP contribution in [0.2, 0.25) is 0 Å². The maximum absolute atomic E-state index is 5.97. The van der Waals surface area contributed by atoms with Crippen LogP contribution in [0.25, 0.3) is 0 Å². The fourth-order valence-electron chi connectivity index (χ4n) is 1.26. The third-order valence-corrected chi connectivity index (χ3v) is 3.08. The van der Waals surface area contributed by atoms with E-state index in [2.05, 4.69) is 10.9 Å². The van der Waals surface area contributed by atoms with Crippen molar-refractivity contribution in [2.24, 2.45) is 5.73 Å². The molecule has 70 valence electrons. The maximum atomic E-state index is 5.97. The number of thiazole rings is 1. The van der Waals surface area contributed by atoms with E-state index in [0.717, 1.165) is 23.5 Å². The fourth-order valence-corrected chi connectivity index (χ4v) is 2.22. The van der Waals surface area contributed by atoms with Gasteiger partial charge in [0.25, 0.3) is 0 Å². The quantitative estimate of drug-likeness (QED) is 0.749. The molecule has 1 aromatic rings. The van der Waals surface area contributed by atoms with E-state index in [1.54, 1.807) is 11.3 Å². The number of aryl methyl sites for hydroxylation is 2. The second-order valence-electron chi connectivity index (χ2n) is 3.03. The topological polar surface area (TPSA) is 38.9 Å². The van der Waals surface area contributed by atoms with E-state index in [0.29, 0.717) is 0 Å². The Morgan fingerprint density at radius 2 is 2.31 bits per heavy atom. The van der Waals surface area contributed by atoms with Crippen LogP contribution in [-0.4, -0.2) is 4.98 Å². The van der Waals surface area contributed by atoms with E-state index < -0.39 is 0 Å². The van der Waals surface area contributed by atoms with Crippen LogP contribution in [0.4, 0.5) is 0 Å². The van der Waals surface area contributed by atoms with E-state index in [9.17, 15) is 0 Å². The SMILES string of the molecule is C#CCCC(N)c1sc(C)nc1C. The van der Waals surface area contributed by atoms with Crippen LogP contribution in [0.3, 0.4) is 0 Å². The van der Waals surface area contributed by atoms with E-state index in [4.69, 9.17) is 12.2 Å². The zero-order chi connectivity index (χ0) is 9.84. The van der Waals surface area contributed by atoms with Gasteiger partial charge in [-0.15, -0.1) is 23.7 Å². The lowest BCUT2D eigenvalue weighted by molar-refractivity contribution is 0.674. The minimum absolute atomic E-state index is 0.0576. The van der Waals surface area contributed by atoms with Crippen molar-refractivity contribution in [3.8, 4) is 12.3 Å². The fraction of sp³-hybridized carbons (Fsp3) is 0.500. The Morgan fingerprint density at radius 3 is 2.77 bits per heavy atom. The molecule has 2 N–H and O–H groups in total. The lowest BCUT2D eigenvalue weighted by Gasteiger charge is -2.07. The monoisotopic (exact) mass is 194 g/mol. The molecular weight excluding hydrogens is 180 g/mol. The highest BCUT2D eigenvalue weighted by molar-refractivity contribution is 7.11. The molecule has 1 atom stereocenters. The molecule has 1 unspecified atom stereocenters. The Balaban J connectivity index is 2.71. The molecule has 1 aromatic heterocycles. The molecule has 0 amide bonds. The predicted octanol–water partition coefficient (Wildman–Crippen LogP) is 2.17. The number of terminal acetylenes is 1. The summed E-state index contributed by atoms with van der Waals surface area (Å²) in [7, 11) is 0. The second kappa shape index (κ2) is 4.40. The molecule has 0 aromatic carbocycles. The van der Waals surface area contributed by atoms with Gasteiger partial charge < -0.3 is 5.73 Å². The maximum Gasteiger partial charge on any atom is 0.0900 e. The van der Waals surface area contributed by atoms with E-state index in [1.165, 1.54) is 4.88 Å². The number of hydrogen-bond donors (Lipinski definition) is 1.